The number of aliphatic imine (C=N–C) groups is 1. The molecule has 2 fully saturated rings. The lowest BCUT2D eigenvalue weighted by molar-refractivity contribution is -0.0828. The largest absolute Gasteiger partial charge is 0.381 e. The summed E-state index contributed by atoms with van der Waals surface area (Å²) >= 11 is 0. The number of hydrogen-bond acceptors (Lipinski definition) is 5. The van der Waals surface area contributed by atoms with Crippen LogP contribution in [0.15, 0.2) is 4.99 Å². The average molecular weight is 471 g/mol. The smallest absolute Gasteiger partial charge is 0.191 e. The Kier molecular flexibility index (Phi) is 12.0. The van der Waals surface area contributed by atoms with Gasteiger partial charge in [-0.1, -0.05) is 0 Å². The van der Waals surface area contributed by atoms with Crippen molar-refractivity contribution in [2.24, 2.45) is 4.99 Å². The molecular formula is C17H34IN3O4. The van der Waals surface area contributed by atoms with Crippen LogP contribution < -0.4 is 10.6 Å². The van der Waals surface area contributed by atoms with Gasteiger partial charge in [-0.3, -0.25) is 4.99 Å². The molecule has 0 aromatic heterocycles. The molecule has 0 spiro atoms. The van der Waals surface area contributed by atoms with E-state index >= 15 is 0 Å². The average Bonchev–Trinajstić information content (AvgIpc) is 3.13. The normalized spacial score (nSPS) is 23.1. The van der Waals surface area contributed by atoms with Gasteiger partial charge in [0.25, 0.3) is 0 Å². The number of rotatable bonds is 9. The molecular weight excluding hydrogens is 437 g/mol. The lowest BCUT2D eigenvalue weighted by Crippen LogP contribution is -2.44. The van der Waals surface area contributed by atoms with Gasteiger partial charge in [0, 0.05) is 59.5 Å². The summed E-state index contributed by atoms with van der Waals surface area (Å²) in [5.41, 5.74) is -0.188. The van der Waals surface area contributed by atoms with Gasteiger partial charge >= 0.3 is 0 Å². The summed E-state index contributed by atoms with van der Waals surface area (Å²) in [6.07, 6.45) is 4.03. The maximum atomic E-state index is 5.77. The third-order valence-electron chi connectivity index (χ3n) is 4.56. The summed E-state index contributed by atoms with van der Waals surface area (Å²) in [5.74, 6) is 0.838. The number of guanidine groups is 1. The lowest BCUT2D eigenvalue weighted by atomic mass is 9.94. The van der Waals surface area contributed by atoms with Gasteiger partial charge in [0.15, 0.2) is 5.96 Å². The minimum Gasteiger partial charge on any atom is -0.381 e. The predicted molar refractivity (Wildman–Crippen MR) is 109 cm³/mol. The molecule has 25 heavy (non-hydrogen) atoms. The van der Waals surface area contributed by atoms with E-state index in [2.05, 4.69) is 17.6 Å². The number of nitrogens with zero attached hydrogens (tertiary/aromatic N) is 1. The quantitative estimate of drug-likeness (QED) is 0.230. The van der Waals surface area contributed by atoms with E-state index in [0.717, 1.165) is 77.8 Å². The Hall–Kier alpha value is -0.160. The molecule has 2 rings (SSSR count). The van der Waals surface area contributed by atoms with Crippen molar-refractivity contribution in [3.05, 3.63) is 0 Å². The highest BCUT2D eigenvalue weighted by atomic mass is 127. The van der Waals surface area contributed by atoms with Crippen LogP contribution in [0, 0.1) is 0 Å². The molecule has 0 amide bonds. The van der Waals surface area contributed by atoms with Crippen LogP contribution in [-0.2, 0) is 18.9 Å². The van der Waals surface area contributed by atoms with Crippen molar-refractivity contribution in [3.63, 3.8) is 0 Å². The van der Waals surface area contributed by atoms with Crippen LogP contribution in [0.25, 0.3) is 0 Å². The first kappa shape index (κ1) is 22.9. The summed E-state index contributed by atoms with van der Waals surface area (Å²) in [6, 6.07) is 0. The molecule has 0 saturated carbocycles. The first-order valence-electron chi connectivity index (χ1n) is 9.12. The zero-order chi connectivity index (χ0) is 17.1. The van der Waals surface area contributed by atoms with Crippen molar-refractivity contribution in [3.8, 4) is 0 Å². The fourth-order valence-electron chi connectivity index (χ4n) is 2.91. The van der Waals surface area contributed by atoms with Crippen LogP contribution in [-0.4, -0.2) is 77.4 Å². The minimum atomic E-state index is -0.188. The zero-order valence-electron chi connectivity index (χ0n) is 15.6. The van der Waals surface area contributed by atoms with E-state index in [1.54, 1.807) is 7.11 Å². The van der Waals surface area contributed by atoms with Crippen LogP contribution in [0.2, 0.25) is 0 Å². The Balaban J connectivity index is 0.00000312. The molecule has 2 aliphatic rings. The second-order valence-electron chi connectivity index (χ2n) is 6.33. The molecule has 148 valence electrons. The lowest BCUT2D eigenvalue weighted by Gasteiger charge is -2.34. The van der Waals surface area contributed by atoms with Crippen LogP contribution in [0.5, 0.6) is 0 Å². The van der Waals surface area contributed by atoms with Crippen LogP contribution in [0.4, 0.5) is 0 Å². The molecule has 1 atom stereocenters. The van der Waals surface area contributed by atoms with Gasteiger partial charge in [-0.15, -0.1) is 24.0 Å². The standard InChI is InChI=1S/C17H33N3O4.HI/c1-3-18-16(19-8-4-9-24-15-5-10-23-13-15)20-14-17(21-2)6-11-22-12-7-17;/h15H,3-14H2,1-2H3,(H2,18,19,20);1H. The van der Waals surface area contributed by atoms with Gasteiger partial charge in [-0.05, 0) is 19.8 Å². The van der Waals surface area contributed by atoms with Gasteiger partial charge in [-0.25, -0.2) is 0 Å². The van der Waals surface area contributed by atoms with E-state index in [4.69, 9.17) is 23.9 Å². The van der Waals surface area contributed by atoms with E-state index in [0.29, 0.717) is 6.54 Å². The first-order valence-corrected chi connectivity index (χ1v) is 9.12. The van der Waals surface area contributed by atoms with Crippen molar-refractivity contribution in [2.45, 2.75) is 44.3 Å². The van der Waals surface area contributed by atoms with Gasteiger partial charge < -0.3 is 29.6 Å². The number of nitrogens with one attached hydrogen (secondary N) is 2. The molecule has 0 aromatic carbocycles. The Morgan fingerprint density at radius 2 is 2.00 bits per heavy atom. The Bertz CT molecular complexity index is 373. The van der Waals surface area contributed by atoms with Crippen molar-refractivity contribution in [2.75, 3.05) is 59.8 Å². The third-order valence-corrected chi connectivity index (χ3v) is 4.56. The van der Waals surface area contributed by atoms with Crippen molar-refractivity contribution in [1.82, 2.24) is 10.6 Å². The van der Waals surface area contributed by atoms with E-state index < -0.39 is 0 Å². The molecule has 2 heterocycles. The van der Waals surface area contributed by atoms with Crippen LogP contribution in [0.1, 0.15) is 32.6 Å². The molecule has 0 aromatic rings. The topological polar surface area (TPSA) is 73.3 Å². The Labute approximate surface area is 168 Å². The molecule has 8 heteroatoms. The monoisotopic (exact) mass is 471 g/mol. The molecule has 0 radical (unpaired) electrons. The molecule has 2 N–H and O–H groups in total. The summed E-state index contributed by atoms with van der Waals surface area (Å²) in [6.45, 7) is 8.20. The maximum Gasteiger partial charge on any atom is 0.191 e. The zero-order valence-corrected chi connectivity index (χ0v) is 17.9. The van der Waals surface area contributed by atoms with E-state index in [1.165, 1.54) is 0 Å². The van der Waals surface area contributed by atoms with Gasteiger partial charge in [0.2, 0.25) is 0 Å². The summed E-state index contributed by atoms with van der Waals surface area (Å²) < 4.78 is 22.2. The predicted octanol–water partition coefficient (Wildman–Crippen LogP) is 1.55. The van der Waals surface area contributed by atoms with Gasteiger partial charge in [-0.2, -0.15) is 0 Å². The molecule has 2 saturated heterocycles. The summed E-state index contributed by atoms with van der Waals surface area (Å²) in [5, 5.41) is 6.65. The van der Waals surface area contributed by atoms with Crippen LogP contribution >= 0.6 is 24.0 Å². The highest BCUT2D eigenvalue weighted by molar-refractivity contribution is 14.0. The Morgan fingerprint density at radius 3 is 2.64 bits per heavy atom. The Morgan fingerprint density at radius 1 is 1.20 bits per heavy atom. The number of methoxy groups -OCH3 is 1. The fraction of sp³-hybridized carbons (Fsp3) is 0.941. The highest BCUT2D eigenvalue weighted by Gasteiger charge is 2.32. The van der Waals surface area contributed by atoms with Crippen molar-refractivity contribution < 1.29 is 18.9 Å². The van der Waals surface area contributed by atoms with Crippen molar-refractivity contribution >= 4 is 29.9 Å². The summed E-state index contributed by atoms with van der Waals surface area (Å²) in [7, 11) is 1.77. The molecule has 0 aliphatic carbocycles. The molecule has 2 aliphatic heterocycles. The van der Waals surface area contributed by atoms with Gasteiger partial charge in [0.1, 0.15) is 0 Å². The molecule has 7 nitrogen and oxygen atoms in total. The number of ether oxygens (including phenoxy) is 4. The number of hydrogen-bond donors (Lipinski definition) is 2. The molecule has 0 bridgehead atoms. The SMILES string of the molecule is CCNC(=NCC1(OC)CCOCC1)NCCCOC1CCOC1.I. The van der Waals surface area contributed by atoms with E-state index in [-0.39, 0.29) is 35.7 Å². The first-order chi connectivity index (χ1) is 11.8. The van der Waals surface area contributed by atoms with Crippen LogP contribution in [0.3, 0.4) is 0 Å². The molecule has 1 unspecified atom stereocenters. The number of halogens is 1. The fourth-order valence-corrected chi connectivity index (χ4v) is 2.91. The highest BCUT2D eigenvalue weighted by Crippen LogP contribution is 2.24. The van der Waals surface area contributed by atoms with E-state index in [1.807, 2.05) is 0 Å². The summed E-state index contributed by atoms with van der Waals surface area (Å²) in [4.78, 5) is 4.71. The van der Waals surface area contributed by atoms with E-state index in [9.17, 15) is 0 Å². The maximum absolute atomic E-state index is 5.77. The van der Waals surface area contributed by atoms with Gasteiger partial charge in [0.05, 0.1) is 24.9 Å². The minimum absolute atomic E-state index is 0. The second-order valence-corrected chi connectivity index (χ2v) is 6.33. The van der Waals surface area contributed by atoms with Crippen molar-refractivity contribution in [1.29, 1.82) is 0 Å². The third kappa shape index (κ3) is 8.38. The second kappa shape index (κ2) is 13.1.